The Hall–Kier alpha value is -7.37. The van der Waals surface area contributed by atoms with Gasteiger partial charge in [0.25, 0.3) is 0 Å². The molecule has 3 heterocycles. The molecule has 0 radical (unpaired) electrons. The van der Waals surface area contributed by atoms with Gasteiger partial charge in [0.1, 0.15) is 11.7 Å². The molecule has 3 aliphatic rings. The van der Waals surface area contributed by atoms with Crippen molar-refractivity contribution in [1.82, 2.24) is 10.3 Å². The van der Waals surface area contributed by atoms with Crippen LogP contribution in [-0.4, -0.2) is 16.7 Å². The molecule has 56 heavy (non-hydrogen) atoms. The first kappa shape index (κ1) is 32.1. The molecule has 1 spiro atoms. The number of hydrogen-bond donors (Lipinski definition) is 1. The zero-order chi connectivity index (χ0) is 37.1. The Balaban J connectivity index is 1.11. The van der Waals surface area contributed by atoms with Crippen molar-refractivity contribution in [2.24, 2.45) is 9.98 Å². The van der Waals surface area contributed by atoms with Gasteiger partial charge in [-0.3, -0.25) is 4.98 Å². The van der Waals surface area contributed by atoms with Crippen molar-refractivity contribution in [2.75, 3.05) is 4.90 Å². The largest absolute Gasteiger partial charge is 0.324 e. The molecule has 5 nitrogen and oxygen atoms in total. The maximum Gasteiger partial charge on any atom is 0.169 e. The lowest BCUT2D eigenvalue weighted by Gasteiger charge is -2.44. The lowest BCUT2D eigenvalue weighted by Crippen LogP contribution is -2.37. The molecule has 1 atom stereocenters. The molecular formula is C51H35N5. The fourth-order valence-corrected chi connectivity index (χ4v) is 8.90. The molecule has 7 aromatic carbocycles. The Labute approximate surface area is 326 Å². The van der Waals surface area contributed by atoms with Crippen LogP contribution >= 0.6 is 0 Å². The van der Waals surface area contributed by atoms with Crippen LogP contribution in [0.5, 0.6) is 0 Å². The number of amidine groups is 2. The van der Waals surface area contributed by atoms with Crippen LogP contribution in [0.1, 0.15) is 45.2 Å². The smallest absolute Gasteiger partial charge is 0.169 e. The van der Waals surface area contributed by atoms with Crippen LogP contribution in [0.2, 0.25) is 0 Å². The minimum Gasteiger partial charge on any atom is -0.324 e. The molecule has 0 bridgehead atoms. The van der Waals surface area contributed by atoms with Gasteiger partial charge in [0.05, 0.1) is 22.5 Å². The average Bonchev–Trinajstić information content (AvgIpc) is 3.57. The van der Waals surface area contributed by atoms with E-state index in [1.54, 1.807) is 0 Å². The van der Waals surface area contributed by atoms with Crippen molar-refractivity contribution < 1.29 is 0 Å². The third-order valence-corrected chi connectivity index (χ3v) is 11.4. The number of rotatable bonds is 5. The van der Waals surface area contributed by atoms with Crippen LogP contribution in [0.15, 0.2) is 210 Å². The number of hydrogen-bond acceptors (Lipinski definition) is 5. The molecule has 2 aliphatic heterocycles. The van der Waals surface area contributed by atoms with Crippen molar-refractivity contribution >= 4 is 28.7 Å². The zero-order valence-electron chi connectivity index (χ0n) is 30.4. The number of aliphatic imine (C=N–C) groups is 2. The number of fused-ring (bicyclic) bond motifs is 9. The monoisotopic (exact) mass is 717 g/mol. The fraction of sp³-hybridized carbons (Fsp3) is 0.0392. The maximum atomic E-state index is 5.34. The molecular weight excluding hydrogens is 683 g/mol. The summed E-state index contributed by atoms with van der Waals surface area (Å²) in [6.45, 7) is 0. The number of anilines is 3. The van der Waals surface area contributed by atoms with Gasteiger partial charge in [-0.1, -0.05) is 158 Å². The van der Waals surface area contributed by atoms with E-state index in [1.807, 2.05) is 18.3 Å². The molecule has 1 aliphatic carbocycles. The number of aromatic nitrogens is 1. The first-order valence-electron chi connectivity index (χ1n) is 19.1. The third kappa shape index (κ3) is 4.91. The second-order valence-electron chi connectivity index (χ2n) is 14.4. The van der Waals surface area contributed by atoms with Crippen molar-refractivity contribution in [3.63, 3.8) is 0 Å². The van der Waals surface area contributed by atoms with Gasteiger partial charge in [0.15, 0.2) is 6.17 Å². The molecule has 0 amide bonds. The van der Waals surface area contributed by atoms with Gasteiger partial charge in [-0.25, -0.2) is 9.98 Å². The lowest BCUT2D eigenvalue weighted by atomic mass is 9.66. The highest BCUT2D eigenvalue weighted by Crippen LogP contribution is 2.63. The van der Waals surface area contributed by atoms with Gasteiger partial charge in [0.2, 0.25) is 0 Å². The quantitative estimate of drug-likeness (QED) is 0.193. The van der Waals surface area contributed by atoms with Crippen molar-refractivity contribution in [1.29, 1.82) is 0 Å². The molecule has 5 heteroatoms. The molecule has 0 saturated heterocycles. The summed E-state index contributed by atoms with van der Waals surface area (Å²) < 4.78 is 0. The van der Waals surface area contributed by atoms with Gasteiger partial charge in [0, 0.05) is 28.6 Å². The Kier molecular flexibility index (Phi) is 7.39. The molecule has 11 rings (SSSR count). The summed E-state index contributed by atoms with van der Waals surface area (Å²) in [5.41, 5.74) is 15.0. The van der Waals surface area contributed by atoms with Crippen LogP contribution in [0.25, 0.3) is 22.3 Å². The van der Waals surface area contributed by atoms with Crippen molar-refractivity contribution in [3.05, 3.63) is 239 Å². The second-order valence-corrected chi connectivity index (χ2v) is 14.4. The normalized spacial score (nSPS) is 15.8. The van der Waals surface area contributed by atoms with Gasteiger partial charge >= 0.3 is 0 Å². The molecule has 8 aromatic rings. The fourth-order valence-electron chi connectivity index (χ4n) is 8.90. The summed E-state index contributed by atoms with van der Waals surface area (Å²) in [4.78, 5) is 18.3. The van der Waals surface area contributed by atoms with Crippen LogP contribution in [0.4, 0.5) is 17.1 Å². The minimum atomic E-state index is -0.668. The zero-order valence-corrected chi connectivity index (χ0v) is 30.4. The average molecular weight is 718 g/mol. The summed E-state index contributed by atoms with van der Waals surface area (Å²) >= 11 is 0. The van der Waals surface area contributed by atoms with E-state index < -0.39 is 11.6 Å². The highest BCUT2D eigenvalue weighted by Gasteiger charge is 2.53. The van der Waals surface area contributed by atoms with Crippen molar-refractivity contribution in [2.45, 2.75) is 11.6 Å². The Morgan fingerprint density at radius 1 is 0.446 bits per heavy atom. The van der Waals surface area contributed by atoms with E-state index >= 15 is 0 Å². The summed E-state index contributed by atoms with van der Waals surface area (Å²) in [5.74, 6) is 1.58. The number of para-hydroxylation sites is 3. The van der Waals surface area contributed by atoms with Gasteiger partial charge < -0.3 is 10.2 Å². The van der Waals surface area contributed by atoms with Crippen LogP contribution in [0, 0.1) is 0 Å². The Bertz CT molecular complexity index is 2780. The molecule has 264 valence electrons. The lowest BCUT2D eigenvalue weighted by molar-refractivity contribution is 0.714. The van der Waals surface area contributed by atoms with Gasteiger partial charge in [-0.2, -0.15) is 0 Å². The van der Waals surface area contributed by atoms with Crippen LogP contribution < -0.4 is 10.2 Å². The molecule has 0 saturated carbocycles. The van der Waals surface area contributed by atoms with E-state index in [0.717, 1.165) is 62.2 Å². The predicted molar refractivity (Wildman–Crippen MR) is 227 cm³/mol. The van der Waals surface area contributed by atoms with Crippen LogP contribution in [0.3, 0.4) is 0 Å². The van der Waals surface area contributed by atoms with Gasteiger partial charge in [-0.05, 0) is 75.3 Å². The highest BCUT2D eigenvalue weighted by atomic mass is 15.2. The third-order valence-electron chi connectivity index (χ3n) is 11.4. The topological polar surface area (TPSA) is 52.9 Å². The minimum absolute atomic E-state index is 0.482. The summed E-state index contributed by atoms with van der Waals surface area (Å²) in [7, 11) is 0. The van der Waals surface area contributed by atoms with Gasteiger partial charge in [-0.15, -0.1) is 0 Å². The summed E-state index contributed by atoms with van der Waals surface area (Å²) in [5, 5.41) is 3.60. The molecule has 0 fully saturated rings. The first-order chi connectivity index (χ1) is 27.8. The van der Waals surface area contributed by atoms with E-state index in [0.29, 0.717) is 0 Å². The SMILES string of the molecule is c1ccc(C2=NC(c3ccc4c(c3)C3(c5ccccc5N(c5ccccc5)c5ccccc53)c3ncccc3-4)N=C(c3ccc(-c4ccccc4)cc3)N2)cc1. The van der Waals surface area contributed by atoms with E-state index in [9.17, 15) is 0 Å². The maximum absolute atomic E-state index is 5.34. The predicted octanol–water partition coefficient (Wildman–Crippen LogP) is 11.4. The first-order valence-corrected chi connectivity index (χ1v) is 19.1. The van der Waals surface area contributed by atoms with E-state index in [-0.39, 0.29) is 0 Å². The molecule has 1 N–H and O–H groups in total. The Morgan fingerprint density at radius 2 is 0.982 bits per heavy atom. The number of benzene rings is 7. The number of nitrogens with zero attached hydrogens (tertiary/aromatic N) is 4. The van der Waals surface area contributed by atoms with E-state index in [4.69, 9.17) is 15.0 Å². The van der Waals surface area contributed by atoms with E-state index in [2.05, 4.69) is 192 Å². The molecule has 1 aromatic heterocycles. The van der Waals surface area contributed by atoms with Crippen molar-refractivity contribution in [3.8, 4) is 22.3 Å². The molecule has 1 unspecified atom stereocenters. The summed E-state index contributed by atoms with van der Waals surface area (Å²) in [6, 6.07) is 68.8. The Morgan fingerprint density at radius 3 is 1.64 bits per heavy atom. The van der Waals surface area contributed by atoms with Crippen LogP contribution in [-0.2, 0) is 5.41 Å². The second kappa shape index (κ2) is 12.9. The number of pyridine rings is 1. The number of nitrogens with one attached hydrogen (secondary N) is 1. The highest BCUT2D eigenvalue weighted by molar-refractivity contribution is 6.16. The standard InChI is InChI=1S/C51H35N5/c1-4-15-34(16-5-1)35-26-28-37(29-27-35)49-53-48(36-17-6-2-7-18-36)54-50(55-49)38-30-31-40-41-21-14-32-52-47(41)51(44(40)33-38)42-22-10-12-24-45(42)56(39-19-8-3-9-20-39)46-25-13-11-23-43(46)51/h1-33,50H,(H,53,54,55). The summed E-state index contributed by atoms with van der Waals surface area (Å²) in [6.07, 6.45) is 1.45. The van der Waals surface area contributed by atoms with E-state index in [1.165, 1.54) is 27.8 Å².